The predicted octanol–water partition coefficient (Wildman–Crippen LogP) is 3.65. The lowest BCUT2D eigenvalue weighted by molar-refractivity contribution is -0.0103. The molecule has 0 fully saturated rings. The molecular formula is C19H20O4. The molecular weight excluding hydrogens is 292 g/mol. The first-order chi connectivity index (χ1) is 11.0. The monoisotopic (exact) mass is 312 g/mol. The fourth-order valence-electron chi connectivity index (χ4n) is 3.08. The Hall–Kier alpha value is -2.33. The molecule has 4 heteroatoms. The fourth-order valence-corrected chi connectivity index (χ4v) is 3.08. The Morgan fingerprint density at radius 2 is 1.91 bits per heavy atom. The highest BCUT2D eigenvalue weighted by atomic mass is 16.6. The second-order valence-corrected chi connectivity index (χ2v) is 5.82. The Kier molecular flexibility index (Phi) is 4.09. The molecule has 1 heterocycles. The summed E-state index contributed by atoms with van der Waals surface area (Å²) in [5.41, 5.74) is 3.95. The Balaban J connectivity index is 1.93. The van der Waals surface area contributed by atoms with Gasteiger partial charge < -0.3 is 14.6 Å². The third-order valence-corrected chi connectivity index (χ3v) is 4.07. The van der Waals surface area contributed by atoms with Crippen molar-refractivity contribution in [2.24, 2.45) is 0 Å². The van der Waals surface area contributed by atoms with E-state index in [1.165, 1.54) is 0 Å². The number of aliphatic hydroxyl groups excluding tert-OH is 1. The molecule has 0 radical (unpaired) electrons. The van der Waals surface area contributed by atoms with Crippen molar-refractivity contribution in [2.75, 3.05) is 6.61 Å². The Morgan fingerprint density at radius 3 is 2.57 bits per heavy atom. The molecule has 3 rings (SSSR count). The second kappa shape index (κ2) is 6.05. The predicted molar refractivity (Wildman–Crippen MR) is 86.6 cm³/mol. The number of rotatable bonds is 4. The Morgan fingerprint density at radius 1 is 1.22 bits per heavy atom. The van der Waals surface area contributed by atoms with Crippen LogP contribution in [0, 0.1) is 13.8 Å². The molecule has 0 amide bonds. The van der Waals surface area contributed by atoms with Gasteiger partial charge >= 0.3 is 5.97 Å². The molecule has 0 saturated heterocycles. The molecule has 23 heavy (non-hydrogen) atoms. The first kappa shape index (κ1) is 15.6. The number of hydrogen-bond acceptors (Lipinski definition) is 4. The molecule has 2 aromatic rings. The van der Waals surface area contributed by atoms with Crippen LogP contribution in [0.25, 0.3) is 0 Å². The van der Waals surface area contributed by atoms with E-state index < -0.39 is 12.2 Å². The number of fused-ring (bicyclic) bond motifs is 1. The van der Waals surface area contributed by atoms with Gasteiger partial charge in [0.05, 0.1) is 12.2 Å². The number of ether oxygens (including phenoxy) is 2. The highest BCUT2D eigenvalue weighted by Gasteiger charge is 2.37. The van der Waals surface area contributed by atoms with E-state index in [4.69, 9.17) is 9.47 Å². The van der Waals surface area contributed by atoms with E-state index in [0.717, 1.165) is 22.4 Å². The van der Waals surface area contributed by atoms with Crippen LogP contribution in [0.1, 0.15) is 51.7 Å². The van der Waals surface area contributed by atoms with Gasteiger partial charge in [0.15, 0.2) is 6.10 Å². The van der Waals surface area contributed by atoms with Crippen LogP contribution in [0.15, 0.2) is 36.4 Å². The number of aryl methyl sites for hydroxylation is 2. The summed E-state index contributed by atoms with van der Waals surface area (Å²) in [5, 5.41) is 10.7. The molecule has 1 N–H and O–H groups in total. The fraction of sp³-hybridized carbons (Fsp3) is 0.316. The third kappa shape index (κ3) is 2.82. The van der Waals surface area contributed by atoms with Crippen LogP contribution in [0.5, 0.6) is 5.75 Å². The standard InChI is InChI=1S/C19H20O4/c1-4-22-14-7-5-13(6-8-14)17(20)18-15-10-11(2)9-12(3)16(15)19(21)23-18/h5-10,17-18,20H,4H2,1-3H3. The molecule has 0 bridgehead atoms. The first-order valence-corrected chi connectivity index (χ1v) is 7.74. The maximum Gasteiger partial charge on any atom is 0.339 e. The minimum atomic E-state index is -0.905. The van der Waals surface area contributed by atoms with Crippen LogP contribution in [-0.4, -0.2) is 17.7 Å². The summed E-state index contributed by atoms with van der Waals surface area (Å²) < 4.78 is 10.8. The van der Waals surface area contributed by atoms with Crippen LogP contribution in [0.3, 0.4) is 0 Å². The van der Waals surface area contributed by atoms with Gasteiger partial charge in [-0.2, -0.15) is 0 Å². The summed E-state index contributed by atoms with van der Waals surface area (Å²) in [5.74, 6) is 0.381. The topological polar surface area (TPSA) is 55.8 Å². The zero-order valence-electron chi connectivity index (χ0n) is 13.5. The first-order valence-electron chi connectivity index (χ1n) is 7.74. The lowest BCUT2D eigenvalue weighted by Crippen LogP contribution is -2.11. The Labute approximate surface area is 135 Å². The number of hydrogen-bond donors (Lipinski definition) is 1. The molecule has 1 aliphatic heterocycles. The van der Waals surface area contributed by atoms with Crippen molar-refractivity contribution in [2.45, 2.75) is 33.0 Å². The van der Waals surface area contributed by atoms with E-state index >= 15 is 0 Å². The molecule has 2 unspecified atom stereocenters. The van der Waals surface area contributed by atoms with Crippen molar-refractivity contribution in [1.82, 2.24) is 0 Å². The number of carbonyl (C=O) groups excluding carboxylic acids is 1. The van der Waals surface area contributed by atoms with Gasteiger partial charge in [-0.25, -0.2) is 4.79 Å². The molecule has 2 atom stereocenters. The normalized spacial score (nSPS) is 17.6. The van der Waals surface area contributed by atoms with E-state index in [0.29, 0.717) is 17.7 Å². The van der Waals surface area contributed by atoms with Crippen molar-refractivity contribution in [3.8, 4) is 5.75 Å². The highest BCUT2D eigenvalue weighted by molar-refractivity contribution is 5.95. The highest BCUT2D eigenvalue weighted by Crippen LogP contribution is 2.41. The minimum Gasteiger partial charge on any atom is -0.494 e. The number of aliphatic hydroxyl groups is 1. The summed E-state index contributed by atoms with van der Waals surface area (Å²) in [6.07, 6.45) is -1.58. The average Bonchev–Trinajstić information content (AvgIpc) is 2.84. The van der Waals surface area contributed by atoms with Gasteiger partial charge in [0, 0.05) is 5.56 Å². The largest absolute Gasteiger partial charge is 0.494 e. The van der Waals surface area contributed by atoms with Crippen molar-refractivity contribution in [3.05, 3.63) is 64.2 Å². The molecule has 0 spiro atoms. The second-order valence-electron chi connectivity index (χ2n) is 5.82. The van der Waals surface area contributed by atoms with Crippen molar-refractivity contribution >= 4 is 5.97 Å². The van der Waals surface area contributed by atoms with Gasteiger partial charge in [-0.15, -0.1) is 0 Å². The lowest BCUT2D eigenvalue weighted by Gasteiger charge is -2.19. The SMILES string of the molecule is CCOc1ccc(C(O)C2OC(=O)c3c(C)cc(C)cc32)cc1. The van der Waals surface area contributed by atoms with Crippen molar-refractivity contribution < 1.29 is 19.4 Å². The maximum absolute atomic E-state index is 12.1. The van der Waals surface area contributed by atoms with Gasteiger partial charge in [-0.05, 0) is 44.0 Å². The van der Waals surface area contributed by atoms with Crippen LogP contribution >= 0.6 is 0 Å². The molecule has 1 aliphatic rings. The molecule has 120 valence electrons. The lowest BCUT2D eigenvalue weighted by atomic mass is 9.93. The summed E-state index contributed by atoms with van der Waals surface area (Å²) >= 11 is 0. The van der Waals surface area contributed by atoms with Gasteiger partial charge in [0.2, 0.25) is 0 Å². The van der Waals surface area contributed by atoms with Gasteiger partial charge in [-0.3, -0.25) is 0 Å². The van der Waals surface area contributed by atoms with E-state index in [1.807, 2.05) is 32.9 Å². The van der Waals surface area contributed by atoms with E-state index in [2.05, 4.69) is 0 Å². The molecule has 0 saturated carbocycles. The molecule has 0 aromatic heterocycles. The van der Waals surface area contributed by atoms with Crippen LogP contribution < -0.4 is 4.74 Å². The van der Waals surface area contributed by atoms with Gasteiger partial charge in [-0.1, -0.05) is 29.8 Å². The smallest absolute Gasteiger partial charge is 0.339 e. The van der Waals surface area contributed by atoms with Crippen LogP contribution in [0.4, 0.5) is 0 Å². The molecule has 2 aromatic carbocycles. The average molecular weight is 312 g/mol. The Bertz CT molecular complexity index is 734. The number of esters is 1. The summed E-state index contributed by atoms with van der Waals surface area (Å²) in [6.45, 7) is 6.37. The van der Waals surface area contributed by atoms with E-state index in [9.17, 15) is 9.90 Å². The van der Waals surface area contributed by atoms with Crippen molar-refractivity contribution in [3.63, 3.8) is 0 Å². The third-order valence-electron chi connectivity index (χ3n) is 4.07. The summed E-state index contributed by atoms with van der Waals surface area (Å²) in [7, 11) is 0. The van der Waals surface area contributed by atoms with Crippen LogP contribution in [0.2, 0.25) is 0 Å². The number of carbonyl (C=O) groups is 1. The van der Waals surface area contributed by atoms with E-state index in [-0.39, 0.29) is 5.97 Å². The zero-order valence-corrected chi connectivity index (χ0v) is 13.5. The van der Waals surface area contributed by atoms with E-state index in [1.54, 1.807) is 24.3 Å². The summed E-state index contributed by atoms with van der Waals surface area (Å²) in [6, 6.07) is 11.1. The van der Waals surface area contributed by atoms with Crippen LogP contribution in [-0.2, 0) is 4.74 Å². The minimum absolute atomic E-state index is 0.368. The van der Waals surface area contributed by atoms with Gasteiger partial charge in [0.1, 0.15) is 11.9 Å². The number of benzene rings is 2. The van der Waals surface area contributed by atoms with Gasteiger partial charge in [0.25, 0.3) is 0 Å². The number of cyclic esters (lactones) is 1. The summed E-state index contributed by atoms with van der Waals surface area (Å²) in [4.78, 5) is 12.1. The molecule has 4 nitrogen and oxygen atoms in total. The quantitative estimate of drug-likeness (QED) is 0.876. The van der Waals surface area contributed by atoms with Crippen molar-refractivity contribution in [1.29, 1.82) is 0 Å². The zero-order chi connectivity index (χ0) is 16.6. The molecule has 0 aliphatic carbocycles. The maximum atomic E-state index is 12.1.